The number of hydrogen-bond acceptors (Lipinski definition) is 2. The van der Waals surface area contributed by atoms with Gasteiger partial charge in [0.25, 0.3) is 0 Å². The van der Waals surface area contributed by atoms with Crippen LogP contribution in [0, 0.1) is 11.3 Å². The molecule has 1 rings (SSSR count). The van der Waals surface area contributed by atoms with E-state index in [2.05, 4.69) is 25.6 Å². The van der Waals surface area contributed by atoms with Crippen LogP contribution in [0.3, 0.4) is 0 Å². The summed E-state index contributed by atoms with van der Waals surface area (Å²) in [5.41, 5.74) is 6.55. The smallest absolute Gasteiger partial charge is 0.00205 e. The minimum Gasteiger partial charge on any atom is -0.330 e. The highest BCUT2D eigenvalue weighted by molar-refractivity contribution is 7.99. The van der Waals surface area contributed by atoms with Crippen LogP contribution in [0.5, 0.6) is 0 Å². The van der Waals surface area contributed by atoms with Crippen molar-refractivity contribution in [3.8, 4) is 0 Å². The van der Waals surface area contributed by atoms with Gasteiger partial charge in [-0.25, -0.2) is 0 Å². The molecule has 96 valence electrons. The third-order valence-electron chi connectivity index (χ3n) is 4.38. The summed E-state index contributed by atoms with van der Waals surface area (Å²) < 4.78 is 0. The Morgan fingerprint density at radius 3 is 2.44 bits per heavy atom. The monoisotopic (exact) mass is 243 g/mol. The maximum absolute atomic E-state index is 6.03. The van der Waals surface area contributed by atoms with Crippen LogP contribution in [0.4, 0.5) is 0 Å². The lowest BCUT2D eigenvalue weighted by atomic mass is 9.68. The van der Waals surface area contributed by atoms with E-state index in [0.29, 0.717) is 5.41 Å². The van der Waals surface area contributed by atoms with E-state index >= 15 is 0 Å². The van der Waals surface area contributed by atoms with Crippen molar-refractivity contribution >= 4 is 11.8 Å². The first-order chi connectivity index (χ1) is 7.76. The highest BCUT2D eigenvalue weighted by Gasteiger charge is 2.32. The van der Waals surface area contributed by atoms with Gasteiger partial charge in [0.15, 0.2) is 0 Å². The van der Waals surface area contributed by atoms with Gasteiger partial charge in [-0.1, -0.05) is 20.3 Å². The Morgan fingerprint density at radius 2 is 1.94 bits per heavy atom. The number of hydrogen-bond donors (Lipinski definition) is 1. The molecule has 0 spiro atoms. The molecule has 16 heavy (non-hydrogen) atoms. The maximum atomic E-state index is 6.03. The Morgan fingerprint density at radius 1 is 1.25 bits per heavy atom. The molecule has 0 aliphatic heterocycles. The second kappa shape index (κ2) is 7.60. The fraction of sp³-hybridized carbons (Fsp3) is 1.00. The molecule has 0 unspecified atom stereocenters. The lowest BCUT2D eigenvalue weighted by Crippen LogP contribution is -2.35. The van der Waals surface area contributed by atoms with Crippen molar-refractivity contribution in [1.82, 2.24) is 0 Å². The molecule has 0 saturated heterocycles. The number of nitrogens with two attached hydrogens (primary N) is 1. The molecule has 0 aromatic rings. The molecule has 0 aromatic heterocycles. The number of rotatable bonds is 7. The van der Waals surface area contributed by atoms with Gasteiger partial charge in [0.05, 0.1) is 0 Å². The lowest BCUT2D eigenvalue weighted by Gasteiger charge is -2.39. The summed E-state index contributed by atoms with van der Waals surface area (Å²) >= 11 is 2.07. The van der Waals surface area contributed by atoms with Gasteiger partial charge in [-0.3, -0.25) is 0 Å². The average molecular weight is 243 g/mol. The van der Waals surface area contributed by atoms with Crippen LogP contribution in [-0.2, 0) is 0 Å². The summed E-state index contributed by atoms with van der Waals surface area (Å²) in [6.45, 7) is 5.49. The zero-order valence-corrected chi connectivity index (χ0v) is 12.0. The van der Waals surface area contributed by atoms with Gasteiger partial charge in [-0.05, 0) is 67.9 Å². The van der Waals surface area contributed by atoms with Crippen molar-refractivity contribution in [2.45, 2.75) is 58.8 Å². The molecule has 0 atom stereocenters. The molecule has 0 aromatic carbocycles. The lowest BCUT2D eigenvalue weighted by molar-refractivity contribution is 0.141. The van der Waals surface area contributed by atoms with Crippen LogP contribution in [0.25, 0.3) is 0 Å². The van der Waals surface area contributed by atoms with Crippen molar-refractivity contribution in [1.29, 1.82) is 0 Å². The van der Waals surface area contributed by atoms with Gasteiger partial charge < -0.3 is 5.73 Å². The van der Waals surface area contributed by atoms with Crippen molar-refractivity contribution in [2.24, 2.45) is 17.1 Å². The molecule has 1 nitrogen and oxygen atoms in total. The largest absolute Gasteiger partial charge is 0.330 e. The summed E-state index contributed by atoms with van der Waals surface area (Å²) in [7, 11) is 0. The molecule has 2 heteroatoms. The molecule has 0 radical (unpaired) electrons. The molecule has 1 fully saturated rings. The van der Waals surface area contributed by atoms with E-state index in [0.717, 1.165) is 12.5 Å². The van der Waals surface area contributed by atoms with Crippen LogP contribution in [0.15, 0.2) is 0 Å². The summed E-state index contributed by atoms with van der Waals surface area (Å²) in [5.74, 6) is 3.58. The third-order valence-corrected chi connectivity index (χ3v) is 5.36. The fourth-order valence-electron chi connectivity index (χ4n) is 2.95. The van der Waals surface area contributed by atoms with E-state index in [1.165, 1.54) is 56.5 Å². The minimum absolute atomic E-state index is 0.514. The molecule has 1 aliphatic carbocycles. The van der Waals surface area contributed by atoms with Crippen molar-refractivity contribution in [3.63, 3.8) is 0 Å². The second-order valence-corrected chi connectivity index (χ2v) is 6.75. The van der Waals surface area contributed by atoms with Gasteiger partial charge >= 0.3 is 0 Å². The summed E-state index contributed by atoms with van der Waals surface area (Å²) in [6, 6.07) is 0. The predicted molar refractivity (Wildman–Crippen MR) is 76.0 cm³/mol. The van der Waals surface area contributed by atoms with E-state index in [-0.39, 0.29) is 0 Å². The first-order valence-electron chi connectivity index (χ1n) is 7.04. The molecular formula is C14H29NS. The van der Waals surface area contributed by atoms with Crippen molar-refractivity contribution in [3.05, 3.63) is 0 Å². The van der Waals surface area contributed by atoms with Gasteiger partial charge in [-0.2, -0.15) is 11.8 Å². The van der Waals surface area contributed by atoms with Gasteiger partial charge in [0.2, 0.25) is 0 Å². The number of thioether (sulfide) groups is 1. The molecular weight excluding hydrogens is 214 g/mol. The highest BCUT2D eigenvalue weighted by atomic mass is 32.2. The first-order valence-corrected chi connectivity index (χ1v) is 8.19. The zero-order valence-electron chi connectivity index (χ0n) is 11.1. The normalized spacial score (nSPS) is 30.6. The molecule has 0 amide bonds. The summed E-state index contributed by atoms with van der Waals surface area (Å²) in [4.78, 5) is 0. The maximum Gasteiger partial charge on any atom is -0.00205 e. The fourth-order valence-corrected chi connectivity index (χ4v) is 3.59. The Hall–Kier alpha value is 0.310. The second-order valence-electron chi connectivity index (χ2n) is 5.36. The van der Waals surface area contributed by atoms with Gasteiger partial charge in [0.1, 0.15) is 0 Å². The topological polar surface area (TPSA) is 26.0 Å². The van der Waals surface area contributed by atoms with Crippen LogP contribution >= 0.6 is 11.8 Å². The van der Waals surface area contributed by atoms with Crippen LogP contribution in [-0.4, -0.2) is 18.1 Å². The van der Waals surface area contributed by atoms with Crippen LogP contribution in [0.1, 0.15) is 58.8 Å². The summed E-state index contributed by atoms with van der Waals surface area (Å²) in [5, 5.41) is 0. The van der Waals surface area contributed by atoms with Gasteiger partial charge in [0, 0.05) is 0 Å². The minimum atomic E-state index is 0.514. The van der Waals surface area contributed by atoms with E-state index in [9.17, 15) is 0 Å². The Kier molecular flexibility index (Phi) is 6.83. The predicted octanol–water partition coefficient (Wildman–Crippen LogP) is 4.07. The van der Waals surface area contributed by atoms with Crippen molar-refractivity contribution < 1.29 is 0 Å². The van der Waals surface area contributed by atoms with E-state index in [1.807, 2.05) is 0 Å². The molecule has 0 heterocycles. The summed E-state index contributed by atoms with van der Waals surface area (Å²) in [6.07, 6.45) is 9.73. The Bertz CT molecular complexity index is 174. The van der Waals surface area contributed by atoms with E-state index < -0.39 is 0 Å². The Labute approximate surface area is 106 Å². The molecule has 1 aliphatic rings. The highest BCUT2D eigenvalue weighted by Crippen LogP contribution is 2.42. The SMILES string of the molecule is CCSCCCC1(CN)CCC(CC)CC1. The quantitative estimate of drug-likeness (QED) is 0.682. The van der Waals surface area contributed by atoms with E-state index in [4.69, 9.17) is 5.73 Å². The average Bonchev–Trinajstić information content (AvgIpc) is 2.35. The van der Waals surface area contributed by atoms with Crippen LogP contribution < -0.4 is 5.73 Å². The van der Waals surface area contributed by atoms with Crippen LogP contribution in [0.2, 0.25) is 0 Å². The molecule has 1 saturated carbocycles. The van der Waals surface area contributed by atoms with Crippen molar-refractivity contribution in [2.75, 3.05) is 18.1 Å². The third kappa shape index (κ3) is 4.29. The Balaban J connectivity index is 2.28. The zero-order chi connectivity index (χ0) is 11.9. The molecule has 0 bridgehead atoms. The molecule has 2 N–H and O–H groups in total. The first kappa shape index (κ1) is 14.4. The standard InChI is InChI=1S/C14H29NS/c1-3-13-6-9-14(12-15,10-7-13)8-5-11-16-4-2/h13H,3-12,15H2,1-2H3. The van der Waals surface area contributed by atoms with E-state index in [1.54, 1.807) is 0 Å². The van der Waals surface area contributed by atoms with Gasteiger partial charge in [-0.15, -0.1) is 0 Å².